The van der Waals surface area contributed by atoms with Gasteiger partial charge >= 0.3 is 11.9 Å². The van der Waals surface area contributed by atoms with Crippen molar-refractivity contribution in [3.05, 3.63) is 54.4 Å². The first-order valence-corrected chi connectivity index (χ1v) is 12.1. The molecule has 0 aliphatic rings. The van der Waals surface area contributed by atoms with Crippen LogP contribution < -0.4 is 0 Å². The maximum Gasteiger partial charge on any atom is 0.339 e. The number of aromatic nitrogens is 1. The lowest BCUT2D eigenvalue weighted by Crippen LogP contribution is -2.25. The van der Waals surface area contributed by atoms with Crippen molar-refractivity contribution < 1.29 is 24.2 Å². The molecule has 0 amide bonds. The molecule has 180 valence electrons. The molecule has 0 aliphatic carbocycles. The van der Waals surface area contributed by atoms with Crippen LogP contribution in [0.15, 0.2) is 48.8 Å². The highest BCUT2D eigenvalue weighted by atomic mass is 16.6. The number of hydrogen-bond acceptors (Lipinski definition) is 6. The van der Waals surface area contributed by atoms with Gasteiger partial charge in [-0.25, -0.2) is 4.79 Å². The van der Waals surface area contributed by atoms with Crippen LogP contribution in [0.25, 0.3) is 11.1 Å². The molecule has 6 nitrogen and oxygen atoms in total. The molecular weight excluding hydrogens is 418 g/mol. The van der Waals surface area contributed by atoms with E-state index in [9.17, 15) is 14.7 Å². The highest BCUT2D eigenvalue weighted by molar-refractivity contribution is 5.90. The van der Waals surface area contributed by atoms with Crippen molar-refractivity contribution >= 4 is 11.9 Å². The molecule has 0 bridgehead atoms. The monoisotopic (exact) mass is 455 g/mol. The fraction of sp³-hybridized carbons (Fsp3) is 0.519. The Hall–Kier alpha value is -2.73. The minimum Gasteiger partial charge on any atom is -0.463 e. The number of aliphatic hydroxyl groups excluding tert-OH is 1. The molecule has 0 aliphatic heterocycles. The van der Waals surface area contributed by atoms with Crippen LogP contribution in [-0.4, -0.2) is 41.3 Å². The van der Waals surface area contributed by atoms with Crippen LogP contribution in [-0.2, 0) is 14.3 Å². The van der Waals surface area contributed by atoms with Gasteiger partial charge in [0.2, 0.25) is 0 Å². The fourth-order valence-electron chi connectivity index (χ4n) is 3.48. The molecule has 0 saturated heterocycles. The van der Waals surface area contributed by atoms with E-state index in [0.29, 0.717) is 12.0 Å². The second-order valence-electron chi connectivity index (χ2n) is 8.34. The lowest BCUT2D eigenvalue weighted by molar-refractivity contribution is -0.147. The number of pyridine rings is 1. The maximum atomic E-state index is 12.3. The first-order valence-electron chi connectivity index (χ1n) is 12.1. The molecule has 1 unspecified atom stereocenters. The molecular formula is C27H37NO5. The van der Waals surface area contributed by atoms with Crippen LogP contribution in [0.1, 0.15) is 81.5 Å². The quantitative estimate of drug-likeness (QED) is 0.257. The summed E-state index contributed by atoms with van der Waals surface area (Å²) in [4.78, 5) is 28.2. The van der Waals surface area contributed by atoms with E-state index < -0.39 is 12.1 Å². The van der Waals surface area contributed by atoms with Gasteiger partial charge in [-0.2, -0.15) is 0 Å². The topological polar surface area (TPSA) is 85.7 Å². The largest absolute Gasteiger partial charge is 0.463 e. The summed E-state index contributed by atoms with van der Waals surface area (Å²) < 4.78 is 10.3. The van der Waals surface area contributed by atoms with Gasteiger partial charge < -0.3 is 14.6 Å². The van der Waals surface area contributed by atoms with Gasteiger partial charge in [-0.1, -0.05) is 88.6 Å². The number of unbranched alkanes of at least 4 members (excludes halogenated alkanes) is 8. The number of esters is 2. The highest BCUT2D eigenvalue weighted by Gasteiger charge is 2.14. The van der Waals surface area contributed by atoms with Crippen LogP contribution in [0.4, 0.5) is 0 Å². The van der Waals surface area contributed by atoms with Gasteiger partial charge in [0.05, 0.1) is 5.56 Å². The van der Waals surface area contributed by atoms with Gasteiger partial charge in [0.15, 0.2) is 0 Å². The second-order valence-corrected chi connectivity index (χ2v) is 8.34. The van der Waals surface area contributed by atoms with E-state index >= 15 is 0 Å². The van der Waals surface area contributed by atoms with Gasteiger partial charge in [0, 0.05) is 24.4 Å². The third-order valence-electron chi connectivity index (χ3n) is 5.41. The van der Waals surface area contributed by atoms with Gasteiger partial charge in [-0.15, -0.1) is 0 Å². The number of aliphatic hydroxyl groups is 1. The normalized spacial score (nSPS) is 11.7. The Bertz CT molecular complexity index is 824. The van der Waals surface area contributed by atoms with E-state index in [1.807, 2.05) is 30.3 Å². The number of rotatable bonds is 16. The number of carbonyl (C=O) groups excluding carboxylic acids is 2. The Morgan fingerprint density at radius 3 is 2.18 bits per heavy atom. The Kier molecular flexibility index (Phi) is 12.8. The Morgan fingerprint density at radius 2 is 1.48 bits per heavy atom. The molecule has 0 spiro atoms. The Labute approximate surface area is 197 Å². The molecule has 6 heteroatoms. The van der Waals surface area contributed by atoms with Crippen molar-refractivity contribution in [2.45, 2.75) is 77.2 Å². The van der Waals surface area contributed by atoms with Crippen molar-refractivity contribution in [3.8, 4) is 11.1 Å². The second kappa shape index (κ2) is 16.0. The van der Waals surface area contributed by atoms with Crippen molar-refractivity contribution in [1.82, 2.24) is 4.98 Å². The number of ether oxygens (including phenoxy) is 2. The average molecular weight is 456 g/mol. The zero-order chi connectivity index (χ0) is 23.7. The molecule has 2 aromatic rings. The first-order chi connectivity index (χ1) is 16.1. The first kappa shape index (κ1) is 26.5. The summed E-state index contributed by atoms with van der Waals surface area (Å²) in [6.45, 7) is 1.78. The molecule has 1 aromatic carbocycles. The third kappa shape index (κ3) is 11.1. The van der Waals surface area contributed by atoms with Gasteiger partial charge in [0.1, 0.15) is 19.3 Å². The molecule has 0 fully saturated rings. The zero-order valence-corrected chi connectivity index (χ0v) is 19.7. The lowest BCUT2D eigenvalue weighted by Gasteiger charge is -2.12. The molecule has 1 heterocycles. The standard InChI is InChI=1S/C27H37NO5/c1-2-3-4-5-6-7-8-9-13-16-26(30)32-20-25(29)21-33-27(31)24-17-23(18-28-19-24)22-14-11-10-12-15-22/h10-12,14-15,17-19,25,29H,2-9,13,16,20-21H2,1H3. The van der Waals surface area contributed by atoms with Crippen LogP contribution in [0.3, 0.4) is 0 Å². The Morgan fingerprint density at radius 1 is 0.848 bits per heavy atom. The minimum atomic E-state index is -1.06. The van der Waals surface area contributed by atoms with Gasteiger partial charge in [-0.05, 0) is 18.1 Å². The summed E-state index contributed by atoms with van der Waals surface area (Å²) in [6.07, 6.45) is 13.0. The lowest BCUT2D eigenvalue weighted by atomic mass is 10.1. The zero-order valence-electron chi connectivity index (χ0n) is 19.7. The predicted octanol–water partition coefficient (Wildman–Crippen LogP) is 5.73. The molecule has 1 N–H and O–H groups in total. The van der Waals surface area contributed by atoms with Crippen LogP contribution >= 0.6 is 0 Å². The SMILES string of the molecule is CCCCCCCCCCCC(=O)OCC(O)COC(=O)c1cncc(-c2ccccc2)c1. The smallest absolute Gasteiger partial charge is 0.339 e. The molecule has 0 radical (unpaired) electrons. The minimum absolute atomic E-state index is 0.189. The summed E-state index contributed by atoms with van der Waals surface area (Å²) in [5.74, 6) is -0.913. The molecule has 33 heavy (non-hydrogen) atoms. The van der Waals surface area contributed by atoms with Crippen LogP contribution in [0.5, 0.6) is 0 Å². The fourth-order valence-corrected chi connectivity index (χ4v) is 3.48. The van der Waals surface area contributed by atoms with Gasteiger partial charge in [0.25, 0.3) is 0 Å². The highest BCUT2D eigenvalue weighted by Crippen LogP contribution is 2.19. The number of benzene rings is 1. The maximum absolute atomic E-state index is 12.3. The van der Waals surface area contributed by atoms with Crippen molar-refractivity contribution in [2.24, 2.45) is 0 Å². The number of nitrogens with zero attached hydrogens (tertiary/aromatic N) is 1. The van der Waals surface area contributed by atoms with Crippen molar-refractivity contribution in [3.63, 3.8) is 0 Å². The van der Waals surface area contributed by atoms with Crippen LogP contribution in [0, 0.1) is 0 Å². The van der Waals surface area contributed by atoms with E-state index in [2.05, 4.69) is 11.9 Å². The number of carbonyl (C=O) groups is 2. The predicted molar refractivity (Wildman–Crippen MR) is 129 cm³/mol. The average Bonchev–Trinajstić information content (AvgIpc) is 2.85. The van der Waals surface area contributed by atoms with Crippen molar-refractivity contribution in [2.75, 3.05) is 13.2 Å². The summed E-state index contributed by atoms with van der Waals surface area (Å²) in [5.41, 5.74) is 2.04. The summed E-state index contributed by atoms with van der Waals surface area (Å²) in [6, 6.07) is 11.3. The van der Waals surface area contributed by atoms with Crippen LogP contribution in [0.2, 0.25) is 0 Å². The number of hydrogen-bond donors (Lipinski definition) is 1. The third-order valence-corrected chi connectivity index (χ3v) is 5.41. The molecule has 1 atom stereocenters. The molecule has 1 aromatic heterocycles. The van der Waals surface area contributed by atoms with E-state index in [-0.39, 0.29) is 19.2 Å². The molecule has 0 saturated carbocycles. The molecule has 2 rings (SSSR count). The van der Waals surface area contributed by atoms with Crippen molar-refractivity contribution in [1.29, 1.82) is 0 Å². The van der Waals surface area contributed by atoms with E-state index in [0.717, 1.165) is 30.4 Å². The summed E-state index contributed by atoms with van der Waals surface area (Å²) >= 11 is 0. The van der Waals surface area contributed by atoms with Gasteiger partial charge in [-0.3, -0.25) is 9.78 Å². The summed E-state index contributed by atoms with van der Waals surface area (Å²) in [7, 11) is 0. The van der Waals surface area contributed by atoms with E-state index in [1.54, 1.807) is 12.3 Å². The van der Waals surface area contributed by atoms with E-state index in [1.165, 1.54) is 44.7 Å². The van der Waals surface area contributed by atoms with E-state index in [4.69, 9.17) is 9.47 Å². The Balaban J connectivity index is 1.58. The summed E-state index contributed by atoms with van der Waals surface area (Å²) in [5, 5.41) is 9.99.